The lowest BCUT2D eigenvalue weighted by molar-refractivity contribution is 0.463. The summed E-state index contributed by atoms with van der Waals surface area (Å²) in [6.45, 7) is 1.96. The molecule has 4 aromatic rings. The van der Waals surface area contributed by atoms with Gasteiger partial charge in [0.15, 0.2) is 0 Å². The van der Waals surface area contributed by atoms with Crippen molar-refractivity contribution in [3.05, 3.63) is 84.4 Å². The minimum absolute atomic E-state index is 0.0653. The maximum atomic E-state index is 13.0. The lowest BCUT2D eigenvalue weighted by Gasteiger charge is -2.12. The van der Waals surface area contributed by atoms with E-state index in [1.54, 1.807) is 30.3 Å². The molecule has 0 spiro atoms. The van der Waals surface area contributed by atoms with E-state index in [1.807, 2.05) is 49.4 Å². The van der Waals surface area contributed by atoms with Crippen molar-refractivity contribution >= 4 is 27.3 Å². The number of benzene rings is 3. The molecule has 31 heavy (non-hydrogen) atoms. The second kappa shape index (κ2) is 7.41. The lowest BCUT2D eigenvalue weighted by atomic mass is 10.1. The SMILES string of the molecule is Cc1ccccc1-c1cc2nc(n1)NS(=O)(=O)c1cccc(c1)Nc1cccc(c1)O2. The summed E-state index contributed by atoms with van der Waals surface area (Å²) in [5.74, 6) is 0.724. The van der Waals surface area contributed by atoms with Gasteiger partial charge < -0.3 is 10.1 Å². The Bertz CT molecular complexity index is 1400. The predicted octanol–water partition coefficient (Wildman–Crippen LogP) is 5.10. The third-order valence-electron chi connectivity index (χ3n) is 4.84. The van der Waals surface area contributed by atoms with Crippen LogP contribution in [0.4, 0.5) is 17.3 Å². The maximum Gasteiger partial charge on any atom is 0.264 e. The first-order chi connectivity index (χ1) is 15.0. The Labute approximate surface area is 179 Å². The Balaban J connectivity index is 1.72. The number of sulfonamides is 1. The summed E-state index contributed by atoms with van der Waals surface area (Å²) in [7, 11) is -3.91. The molecule has 0 saturated heterocycles. The van der Waals surface area contributed by atoms with Crippen molar-refractivity contribution in [3.63, 3.8) is 0 Å². The second-order valence-corrected chi connectivity index (χ2v) is 8.80. The Kier molecular flexibility index (Phi) is 4.56. The van der Waals surface area contributed by atoms with E-state index in [0.29, 0.717) is 17.1 Å². The first-order valence-electron chi connectivity index (χ1n) is 9.59. The van der Waals surface area contributed by atoms with Gasteiger partial charge in [0.1, 0.15) is 5.75 Å². The summed E-state index contributed by atoms with van der Waals surface area (Å²) < 4.78 is 34.5. The summed E-state index contributed by atoms with van der Waals surface area (Å²) in [5, 5.41) is 3.20. The summed E-state index contributed by atoms with van der Waals surface area (Å²) in [4.78, 5) is 8.85. The number of hydrogen-bond donors (Lipinski definition) is 2. The Morgan fingerprint density at radius 3 is 2.45 bits per heavy atom. The van der Waals surface area contributed by atoms with Crippen LogP contribution in [0, 0.1) is 6.92 Å². The molecule has 0 amide bonds. The van der Waals surface area contributed by atoms with Crippen molar-refractivity contribution in [1.29, 1.82) is 0 Å². The number of ether oxygens (including phenoxy) is 1. The normalized spacial score (nSPS) is 14.0. The van der Waals surface area contributed by atoms with E-state index in [-0.39, 0.29) is 16.7 Å². The third-order valence-corrected chi connectivity index (χ3v) is 6.16. The smallest absolute Gasteiger partial charge is 0.264 e. The van der Waals surface area contributed by atoms with Crippen LogP contribution < -0.4 is 14.8 Å². The van der Waals surface area contributed by atoms with Crippen molar-refractivity contribution in [2.75, 3.05) is 10.0 Å². The zero-order chi connectivity index (χ0) is 21.4. The van der Waals surface area contributed by atoms with Crippen molar-refractivity contribution in [2.45, 2.75) is 11.8 Å². The molecule has 3 aromatic carbocycles. The molecule has 6 bridgehead atoms. The molecule has 0 saturated carbocycles. The van der Waals surface area contributed by atoms with Crippen LogP contribution in [-0.2, 0) is 10.0 Å². The first-order valence-corrected chi connectivity index (χ1v) is 11.1. The van der Waals surface area contributed by atoms with Crippen LogP contribution in [0.25, 0.3) is 11.3 Å². The van der Waals surface area contributed by atoms with Crippen LogP contribution in [0.1, 0.15) is 5.56 Å². The highest BCUT2D eigenvalue weighted by molar-refractivity contribution is 7.92. The largest absolute Gasteiger partial charge is 0.439 e. The first kappa shape index (κ1) is 19.1. The summed E-state index contributed by atoms with van der Waals surface area (Å²) in [6, 6.07) is 23.3. The molecule has 0 aliphatic carbocycles. The molecule has 1 aliphatic rings. The fraction of sp³-hybridized carbons (Fsp3) is 0.0435. The van der Waals surface area contributed by atoms with E-state index >= 15 is 0 Å². The lowest BCUT2D eigenvalue weighted by Crippen LogP contribution is -2.15. The number of nitrogens with one attached hydrogen (secondary N) is 2. The quantitative estimate of drug-likeness (QED) is 0.436. The summed E-state index contributed by atoms with van der Waals surface area (Å²) in [5.41, 5.74) is 3.80. The molecule has 0 radical (unpaired) electrons. The number of fused-ring (bicyclic) bond motifs is 6. The Hall–Kier alpha value is -3.91. The molecule has 1 aliphatic heterocycles. The molecule has 0 fully saturated rings. The van der Waals surface area contributed by atoms with E-state index in [9.17, 15) is 8.42 Å². The highest BCUT2D eigenvalue weighted by Gasteiger charge is 2.19. The zero-order valence-corrected chi connectivity index (χ0v) is 17.3. The fourth-order valence-corrected chi connectivity index (χ4v) is 4.36. The number of aryl methyl sites for hydroxylation is 1. The van der Waals surface area contributed by atoms with Crippen LogP contribution in [0.2, 0.25) is 0 Å². The number of nitrogens with zero attached hydrogens (tertiary/aromatic N) is 2. The van der Waals surface area contributed by atoms with E-state index in [0.717, 1.165) is 16.8 Å². The van der Waals surface area contributed by atoms with Gasteiger partial charge in [-0.3, -0.25) is 0 Å². The topological polar surface area (TPSA) is 93.2 Å². The Morgan fingerprint density at radius 1 is 0.839 bits per heavy atom. The van der Waals surface area contributed by atoms with Gasteiger partial charge in [-0.25, -0.2) is 18.1 Å². The minimum Gasteiger partial charge on any atom is -0.439 e. The molecule has 5 rings (SSSR count). The highest BCUT2D eigenvalue weighted by atomic mass is 32.2. The minimum atomic E-state index is -3.91. The fourth-order valence-electron chi connectivity index (χ4n) is 3.37. The van der Waals surface area contributed by atoms with Gasteiger partial charge in [0.2, 0.25) is 11.8 Å². The number of aromatic nitrogens is 2. The van der Waals surface area contributed by atoms with E-state index in [4.69, 9.17) is 4.74 Å². The van der Waals surface area contributed by atoms with Crippen LogP contribution in [0.15, 0.2) is 83.8 Å². The molecule has 1 aromatic heterocycles. The van der Waals surface area contributed by atoms with Gasteiger partial charge in [0.25, 0.3) is 10.0 Å². The summed E-state index contributed by atoms with van der Waals surface area (Å²) >= 11 is 0. The molecular formula is C23H18N4O3S. The number of rotatable bonds is 1. The molecule has 0 unspecified atom stereocenters. The predicted molar refractivity (Wildman–Crippen MR) is 119 cm³/mol. The van der Waals surface area contributed by atoms with Crippen molar-refractivity contribution < 1.29 is 13.2 Å². The van der Waals surface area contributed by atoms with Gasteiger partial charge in [-0.15, -0.1) is 0 Å². The van der Waals surface area contributed by atoms with Crippen LogP contribution >= 0.6 is 0 Å². The van der Waals surface area contributed by atoms with E-state index < -0.39 is 10.0 Å². The zero-order valence-electron chi connectivity index (χ0n) is 16.5. The molecule has 0 atom stereocenters. The molecule has 154 valence electrons. The van der Waals surface area contributed by atoms with Crippen molar-refractivity contribution in [1.82, 2.24) is 9.97 Å². The van der Waals surface area contributed by atoms with E-state index in [2.05, 4.69) is 20.0 Å². The number of hydrogen-bond acceptors (Lipinski definition) is 6. The van der Waals surface area contributed by atoms with Crippen LogP contribution in [-0.4, -0.2) is 18.4 Å². The molecular weight excluding hydrogens is 412 g/mol. The highest BCUT2D eigenvalue weighted by Crippen LogP contribution is 2.31. The maximum absolute atomic E-state index is 13.0. The van der Waals surface area contributed by atoms with Crippen LogP contribution in [0.3, 0.4) is 0 Å². The second-order valence-electron chi connectivity index (χ2n) is 7.12. The third kappa shape index (κ3) is 3.93. The molecule has 8 heteroatoms. The van der Waals surface area contributed by atoms with E-state index in [1.165, 1.54) is 6.07 Å². The molecule has 2 heterocycles. The number of anilines is 3. The van der Waals surface area contributed by atoms with Gasteiger partial charge in [-0.05, 0) is 42.8 Å². The van der Waals surface area contributed by atoms with Crippen LogP contribution in [0.5, 0.6) is 11.6 Å². The Morgan fingerprint density at radius 2 is 1.61 bits per heavy atom. The summed E-state index contributed by atoms with van der Waals surface area (Å²) in [6.07, 6.45) is 0. The van der Waals surface area contributed by atoms with Crippen molar-refractivity contribution in [2.24, 2.45) is 0 Å². The molecule has 7 nitrogen and oxygen atoms in total. The van der Waals surface area contributed by atoms with Crippen molar-refractivity contribution in [3.8, 4) is 22.9 Å². The van der Waals surface area contributed by atoms with Gasteiger partial charge in [-0.2, -0.15) is 4.98 Å². The average Bonchev–Trinajstić information content (AvgIpc) is 2.74. The van der Waals surface area contributed by atoms with Gasteiger partial charge in [0, 0.05) is 29.1 Å². The molecule has 2 N–H and O–H groups in total. The monoisotopic (exact) mass is 430 g/mol. The van der Waals surface area contributed by atoms with Gasteiger partial charge >= 0.3 is 0 Å². The van der Waals surface area contributed by atoms with Gasteiger partial charge in [0.05, 0.1) is 10.6 Å². The van der Waals surface area contributed by atoms with Gasteiger partial charge in [-0.1, -0.05) is 36.4 Å². The average molecular weight is 430 g/mol. The standard InChI is InChI=1S/C23H18N4O3S/c1-15-6-2-3-11-20(15)21-14-22-26-23(25-21)27-31(28,29)19-10-5-8-17(13-19)24-16-7-4-9-18(12-16)30-22/h2-14,24H,1H3,(H,25,26,27).